The van der Waals surface area contributed by atoms with E-state index in [2.05, 4.69) is 10.1 Å². The predicted octanol–water partition coefficient (Wildman–Crippen LogP) is 1.37. The minimum absolute atomic E-state index is 0.285. The number of rotatable bonds is 3. The molecule has 1 amide bonds. The molecular weight excluding hydrogens is 270 g/mol. The normalized spacial score (nSPS) is 18.4. The highest BCUT2D eigenvalue weighted by atomic mass is 35.5. The Morgan fingerprint density at radius 2 is 2.05 bits per heavy atom. The number of ether oxygens (including phenoxy) is 1. The number of amides is 1. The van der Waals surface area contributed by atoms with Gasteiger partial charge >= 0.3 is 5.97 Å². The van der Waals surface area contributed by atoms with Gasteiger partial charge in [-0.05, 0) is 24.1 Å². The monoisotopic (exact) mass is 281 g/mol. The molecule has 1 atom stereocenters. The lowest BCUT2D eigenvalue weighted by molar-refractivity contribution is -0.137. The van der Waals surface area contributed by atoms with E-state index in [0.717, 1.165) is 12.7 Å². The summed E-state index contributed by atoms with van der Waals surface area (Å²) in [6, 6.07) is 6.39. The van der Waals surface area contributed by atoms with Crippen molar-refractivity contribution in [3.05, 3.63) is 46.2 Å². The minimum atomic E-state index is -0.839. The summed E-state index contributed by atoms with van der Waals surface area (Å²) in [5.74, 6) is -1.75. The van der Waals surface area contributed by atoms with Crippen molar-refractivity contribution in [2.24, 2.45) is 0 Å². The van der Waals surface area contributed by atoms with Crippen molar-refractivity contribution in [2.75, 3.05) is 7.11 Å². The van der Waals surface area contributed by atoms with Crippen LogP contribution in [0.1, 0.15) is 5.56 Å². The molecule has 0 saturated heterocycles. The van der Waals surface area contributed by atoms with Crippen LogP contribution < -0.4 is 5.32 Å². The first-order valence-corrected chi connectivity index (χ1v) is 5.97. The maximum atomic E-state index is 11.6. The lowest BCUT2D eigenvalue weighted by Crippen LogP contribution is -2.31. The Hall–Kier alpha value is -2.01. The van der Waals surface area contributed by atoms with Crippen LogP contribution in [0.25, 0.3) is 0 Å². The molecule has 19 heavy (non-hydrogen) atoms. The molecule has 0 bridgehead atoms. The Balaban J connectivity index is 2.19. The van der Waals surface area contributed by atoms with E-state index >= 15 is 0 Å². The number of methoxy groups -OCH3 is 1. The molecule has 0 radical (unpaired) electrons. The number of aliphatic hydroxyl groups excluding tert-OH is 1. The number of aliphatic hydroxyl groups is 1. The van der Waals surface area contributed by atoms with Crippen LogP contribution in [-0.4, -0.2) is 30.1 Å². The van der Waals surface area contributed by atoms with E-state index < -0.39 is 17.9 Å². The van der Waals surface area contributed by atoms with Gasteiger partial charge in [0.15, 0.2) is 5.57 Å². The van der Waals surface area contributed by atoms with E-state index in [-0.39, 0.29) is 11.3 Å². The van der Waals surface area contributed by atoms with E-state index in [1.54, 1.807) is 24.3 Å². The van der Waals surface area contributed by atoms with Crippen LogP contribution in [0.2, 0.25) is 5.02 Å². The summed E-state index contributed by atoms with van der Waals surface area (Å²) in [7, 11) is 1.16. The van der Waals surface area contributed by atoms with Crippen molar-refractivity contribution in [1.29, 1.82) is 0 Å². The quantitative estimate of drug-likeness (QED) is 0.648. The molecule has 1 aromatic rings. The van der Waals surface area contributed by atoms with E-state index in [9.17, 15) is 14.7 Å². The Bertz CT molecular complexity index is 550. The summed E-state index contributed by atoms with van der Waals surface area (Å²) in [6.07, 6.45) is 0.370. The molecule has 0 aromatic heterocycles. The lowest BCUT2D eigenvalue weighted by Gasteiger charge is -2.10. The van der Waals surface area contributed by atoms with Gasteiger partial charge in [-0.25, -0.2) is 4.79 Å². The minimum Gasteiger partial charge on any atom is -0.509 e. The molecule has 0 spiro atoms. The van der Waals surface area contributed by atoms with Crippen LogP contribution in [0.3, 0.4) is 0 Å². The van der Waals surface area contributed by atoms with Crippen LogP contribution in [0.5, 0.6) is 0 Å². The molecule has 1 aromatic carbocycles. The molecule has 0 saturated carbocycles. The van der Waals surface area contributed by atoms with Crippen molar-refractivity contribution in [3.63, 3.8) is 0 Å². The van der Waals surface area contributed by atoms with Gasteiger partial charge in [-0.1, -0.05) is 23.7 Å². The van der Waals surface area contributed by atoms with Gasteiger partial charge in [0.1, 0.15) is 5.76 Å². The third-order valence-corrected chi connectivity index (χ3v) is 3.11. The smallest absolute Gasteiger partial charge is 0.347 e. The summed E-state index contributed by atoms with van der Waals surface area (Å²) in [5, 5.41) is 13.0. The van der Waals surface area contributed by atoms with Crippen molar-refractivity contribution in [3.8, 4) is 0 Å². The molecular formula is C13H12ClNO4. The number of carbonyl (C=O) groups is 2. The summed E-state index contributed by atoms with van der Waals surface area (Å²) >= 11 is 5.77. The highest BCUT2D eigenvalue weighted by Crippen LogP contribution is 2.20. The molecule has 0 aliphatic carbocycles. The fourth-order valence-corrected chi connectivity index (χ4v) is 2.02. The molecule has 1 aliphatic rings. The maximum absolute atomic E-state index is 11.6. The van der Waals surface area contributed by atoms with Gasteiger partial charge in [0, 0.05) is 5.02 Å². The van der Waals surface area contributed by atoms with E-state index in [1.165, 1.54) is 0 Å². The molecule has 0 fully saturated rings. The molecule has 2 rings (SSSR count). The summed E-state index contributed by atoms with van der Waals surface area (Å²) in [6.45, 7) is 0. The number of carbonyl (C=O) groups excluding carboxylic acids is 2. The van der Waals surface area contributed by atoms with Gasteiger partial charge < -0.3 is 15.2 Å². The van der Waals surface area contributed by atoms with Crippen molar-refractivity contribution < 1.29 is 19.4 Å². The molecule has 1 aliphatic heterocycles. The fraction of sp³-hybridized carbons (Fsp3) is 0.231. The number of nitrogens with one attached hydrogen (secondary N) is 1. The Labute approximate surface area is 114 Å². The van der Waals surface area contributed by atoms with Gasteiger partial charge in [0.2, 0.25) is 0 Å². The topological polar surface area (TPSA) is 75.6 Å². The highest BCUT2D eigenvalue weighted by Gasteiger charge is 2.36. The largest absolute Gasteiger partial charge is 0.509 e. The van der Waals surface area contributed by atoms with Crippen LogP contribution in [0.4, 0.5) is 0 Å². The van der Waals surface area contributed by atoms with Gasteiger partial charge in [-0.15, -0.1) is 0 Å². The third kappa shape index (κ3) is 2.71. The molecule has 1 unspecified atom stereocenters. The molecule has 6 heteroatoms. The first-order chi connectivity index (χ1) is 9.02. The van der Waals surface area contributed by atoms with E-state index in [4.69, 9.17) is 11.6 Å². The van der Waals surface area contributed by atoms with Crippen LogP contribution in [-0.2, 0) is 20.7 Å². The Morgan fingerprint density at radius 3 is 2.63 bits per heavy atom. The summed E-state index contributed by atoms with van der Waals surface area (Å²) in [4.78, 5) is 22.9. The average Bonchev–Trinajstić information content (AvgIpc) is 2.66. The SMILES string of the molecule is COC(=O)C1=C(O)C(Cc2ccc(Cl)cc2)NC1=O. The van der Waals surface area contributed by atoms with E-state index in [0.29, 0.717) is 11.4 Å². The predicted molar refractivity (Wildman–Crippen MR) is 68.8 cm³/mol. The average molecular weight is 282 g/mol. The second-order valence-electron chi connectivity index (χ2n) is 4.11. The summed E-state index contributed by atoms with van der Waals surface area (Å²) < 4.78 is 4.45. The fourth-order valence-electron chi connectivity index (χ4n) is 1.89. The second-order valence-corrected chi connectivity index (χ2v) is 4.54. The van der Waals surface area contributed by atoms with Crippen molar-refractivity contribution in [1.82, 2.24) is 5.32 Å². The maximum Gasteiger partial charge on any atom is 0.347 e. The van der Waals surface area contributed by atoms with Crippen LogP contribution >= 0.6 is 11.6 Å². The second kappa shape index (κ2) is 5.32. The molecule has 5 nitrogen and oxygen atoms in total. The Kier molecular flexibility index (Phi) is 3.76. The zero-order valence-corrected chi connectivity index (χ0v) is 10.9. The standard InChI is InChI=1S/C13H12ClNO4/c1-19-13(18)10-11(16)9(15-12(10)17)6-7-2-4-8(14)5-3-7/h2-5,9,16H,6H2,1H3,(H,15,17). The van der Waals surface area contributed by atoms with Gasteiger partial charge in [0.25, 0.3) is 5.91 Å². The van der Waals surface area contributed by atoms with Gasteiger partial charge in [-0.3, -0.25) is 4.79 Å². The zero-order chi connectivity index (χ0) is 14.0. The zero-order valence-electron chi connectivity index (χ0n) is 10.1. The van der Waals surface area contributed by atoms with Crippen molar-refractivity contribution in [2.45, 2.75) is 12.5 Å². The lowest BCUT2D eigenvalue weighted by atomic mass is 10.0. The number of benzene rings is 1. The van der Waals surface area contributed by atoms with Crippen molar-refractivity contribution >= 4 is 23.5 Å². The number of hydrogen-bond donors (Lipinski definition) is 2. The van der Waals surface area contributed by atoms with Crippen LogP contribution in [0.15, 0.2) is 35.6 Å². The first kappa shape index (κ1) is 13.4. The molecule has 2 N–H and O–H groups in total. The Morgan fingerprint density at radius 1 is 1.42 bits per heavy atom. The molecule has 100 valence electrons. The molecule has 1 heterocycles. The highest BCUT2D eigenvalue weighted by molar-refractivity contribution is 6.30. The summed E-state index contributed by atoms with van der Waals surface area (Å²) in [5.41, 5.74) is 0.550. The van der Waals surface area contributed by atoms with Crippen LogP contribution in [0, 0.1) is 0 Å². The van der Waals surface area contributed by atoms with E-state index in [1.807, 2.05) is 0 Å². The third-order valence-electron chi connectivity index (χ3n) is 2.86. The number of esters is 1. The number of hydrogen-bond acceptors (Lipinski definition) is 4. The van der Waals surface area contributed by atoms with Gasteiger partial charge in [0.05, 0.1) is 13.2 Å². The first-order valence-electron chi connectivity index (χ1n) is 5.59. The number of halogens is 1. The van der Waals surface area contributed by atoms with Gasteiger partial charge in [-0.2, -0.15) is 0 Å².